The minimum absolute atomic E-state index is 0.183. The third-order valence-electron chi connectivity index (χ3n) is 13.3. The van der Waals surface area contributed by atoms with Crippen molar-refractivity contribution in [3.8, 4) is 0 Å². The first-order valence-corrected chi connectivity index (χ1v) is 15.8. The van der Waals surface area contributed by atoms with E-state index in [0.717, 1.165) is 37.5 Å². The van der Waals surface area contributed by atoms with Gasteiger partial charge < -0.3 is 15.3 Å². The molecule has 0 amide bonds. The minimum atomic E-state index is -0.852. The third kappa shape index (κ3) is 4.10. The molecule has 0 spiro atoms. The number of aliphatic hydroxyl groups is 2. The molecular weight excluding hydrogens is 472 g/mol. The Hall–Kier alpha value is -1.39. The quantitative estimate of drug-likeness (QED) is 0.371. The Morgan fingerprint density at radius 1 is 0.947 bits per heavy atom. The van der Waals surface area contributed by atoms with Crippen LogP contribution in [0.5, 0.6) is 0 Å². The average molecular weight is 523 g/mol. The molecule has 0 saturated heterocycles. The Labute approximate surface area is 229 Å². The Morgan fingerprint density at radius 2 is 1.63 bits per heavy atom. The highest BCUT2D eigenvalue weighted by molar-refractivity contribution is 5.87. The number of benzene rings is 1. The van der Waals surface area contributed by atoms with Crippen LogP contribution in [0.2, 0.25) is 0 Å². The number of hydrogen-bond acceptors (Lipinski definition) is 3. The van der Waals surface area contributed by atoms with Crippen LogP contribution in [0.1, 0.15) is 114 Å². The number of aromatic carboxylic acids is 1. The lowest BCUT2D eigenvalue weighted by atomic mass is 9.41. The van der Waals surface area contributed by atoms with Crippen LogP contribution < -0.4 is 0 Å². The van der Waals surface area contributed by atoms with Crippen LogP contribution in [0.4, 0.5) is 0 Å². The Balaban J connectivity index is 1.17. The summed E-state index contributed by atoms with van der Waals surface area (Å²) in [6.07, 6.45) is 11.2. The maximum atomic E-state index is 11.9. The lowest BCUT2D eigenvalue weighted by molar-refractivity contribution is -0.203. The topological polar surface area (TPSA) is 77.8 Å². The SMILES string of the molecule is CC[C@H]1[C@@H](O)C2C3CC[C@H]([C@H](C)CC4CC4c4ccc(C(=O)O)cc4)C3(C)CCC2C2(C)CC[C@@H](O)C[C@@H]12. The second-order valence-electron chi connectivity index (χ2n) is 14.9. The molecule has 5 aliphatic rings. The molecule has 6 rings (SSSR count). The second kappa shape index (κ2) is 9.61. The fourth-order valence-electron chi connectivity index (χ4n) is 11.4. The van der Waals surface area contributed by atoms with Crippen molar-refractivity contribution in [3.05, 3.63) is 35.4 Å². The standard InChI is InChI=1S/C34H50O4/c1-5-24-29-18-23(35)12-14-34(29,4)28-13-15-33(3)26(10-11-27(33)30(28)31(24)36)19(2)16-22-17-25(22)20-6-8-21(9-7-20)32(37)38/h6-9,19,22-31,35-36H,5,10-18H2,1-4H3,(H,37,38)/t19-,22?,23-,24-,25?,26-,27?,28?,29+,30?,31-,33?,34?/m1/s1. The minimum Gasteiger partial charge on any atom is -0.478 e. The van der Waals surface area contributed by atoms with E-state index in [4.69, 9.17) is 0 Å². The van der Waals surface area contributed by atoms with E-state index in [2.05, 4.69) is 27.7 Å². The highest BCUT2D eigenvalue weighted by atomic mass is 16.4. The molecule has 0 bridgehead atoms. The van der Waals surface area contributed by atoms with Crippen molar-refractivity contribution in [3.63, 3.8) is 0 Å². The van der Waals surface area contributed by atoms with Gasteiger partial charge in [0.15, 0.2) is 0 Å². The maximum Gasteiger partial charge on any atom is 0.335 e. The van der Waals surface area contributed by atoms with Crippen molar-refractivity contribution < 1.29 is 20.1 Å². The maximum absolute atomic E-state index is 11.9. The van der Waals surface area contributed by atoms with Crippen molar-refractivity contribution in [1.29, 1.82) is 0 Å². The van der Waals surface area contributed by atoms with Crippen LogP contribution in [0.15, 0.2) is 24.3 Å². The second-order valence-corrected chi connectivity index (χ2v) is 14.9. The molecule has 4 heteroatoms. The average Bonchev–Trinajstić information content (AvgIpc) is 3.56. The van der Waals surface area contributed by atoms with Crippen LogP contribution in [-0.2, 0) is 0 Å². The summed E-state index contributed by atoms with van der Waals surface area (Å²) in [5.74, 6) is 4.32. The Kier molecular flexibility index (Phi) is 6.78. The molecule has 38 heavy (non-hydrogen) atoms. The van der Waals surface area contributed by atoms with Gasteiger partial charge in [-0.15, -0.1) is 0 Å². The summed E-state index contributed by atoms with van der Waals surface area (Å²) in [6, 6.07) is 7.57. The summed E-state index contributed by atoms with van der Waals surface area (Å²) in [7, 11) is 0. The first kappa shape index (κ1) is 26.8. The number of carboxylic acids is 1. The van der Waals surface area contributed by atoms with Crippen molar-refractivity contribution in [2.45, 2.75) is 110 Å². The van der Waals surface area contributed by atoms with Gasteiger partial charge in [0, 0.05) is 0 Å². The normalized spacial score (nSPS) is 48.5. The van der Waals surface area contributed by atoms with Crippen LogP contribution >= 0.6 is 0 Å². The molecule has 5 aliphatic carbocycles. The molecule has 3 N–H and O–H groups in total. The Bertz CT molecular complexity index is 1040. The van der Waals surface area contributed by atoms with E-state index in [0.29, 0.717) is 52.4 Å². The highest BCUT2D eigenvalue weighted by Gasteiger charge is 2.65. The number of aliphatic hydroxyl groups excluding tert-OH is 2. The fraction of sp³-hybridized carbons (Fsp3) is 0.794. The molecule has 5 saturated carbocycles. The van der Waals surface area contributed by atoms with Crippen molar-refractivity contribution in [2.24, 2.45) is 58.2 Å². The molecule has 0 aliphatic heterocycles. The van der Waals surface area contributed by atoms with E-state index >= 15 is 0 Å². The first-order chi connectivity index (χ1) is 18.1. The zero-order chi connectivity index (χ0) is 27.0. The largest absolute Gasteiger partial charge is 0.478 e. The lowest BCUT2D eigenvalue weighted by Crippen LogP contribution is -2.62. The molecule has 0 radical (unpaired) electrons. The third-order valence-corrected chi connectivity index (χ3v) is 13.3. The van der Waals surface area contributed by atoms with E-state index in [1.807, 2.05) is 12.1 Å². The summed E-state index contributed by atoms with van der Waals surface area (Å²) in [5.41, 5.74) is 2.27. The summed E-state index contributed by atoms with van der Waals surface area (Å²) < 4.78 is 0. The molecule has 210 valence electrons. The molecule has 4 nitrogen and oxygen atoms in total. The van der Waals surface area contributed by atoms with Gasteiger partial charge in [-0.05, 0) is 140 Å². The Morgan fingerprint density at radius 3 is 2.32 bits per heavy atom. The van der Waals surface area contributed by atoms with Crippen LogP contribution in [0.3, 0.4) is 0 Å². The summed E-state index contributed by atoms with van der Waals surface area (Å²) in [6.45, 7) is 9.88. The van der Waals surface area contributed by atoms with E-state index in [1.165, 1.54) is 44.1 Å². The van der Waals surface area contributed by atoms with Crippen molar-refractivity contribution >= 4 is 5.97 Å². The van der Waals surface area contributed by atoms with E-state index < -0.39 is 5.97 Å². The van der Waals surface area contributed by atoms with Gasteiger partial charge in [0.1, 0.15) is 0 Å². The van der Waals surface area contributed by atoms with Crippen LogP contribution in [-0.4, -0.2) is 33.5 Å². The van der Waals surface area contributed by atoms with E-state index in [1.54, 1.807) is 12.1 Å². The predicted molar refractivity (Wildman–Crippen MR) is 150 cm³/mol. The van der Waals surface area contributed by atoms with Gasteiger partial charge in [0.05, 0.1) is 17.8 Å². The summed E-state index contributed by atoms with van der Waals surface area (Å²) >= 11 is 0. The smallest absolute Gasteiger partial charge is 0.335 e. The molecule has 0 aromatic heterocycles. The molecule has 7 unspecified atom stereocenters. The number of hydrogen-bond donors (Lipinski definition) is 3. The molecule has 1 aromatic carbocycles. The highest BCUT2D eigenvalue weighted by Crippen LogP contribution is 2.70. The summed E-state index contributed by atoms with van der Waals surface area (Å²) in [5, 5.41) is 31.7. The van der Waals surface area contributed by atoms with Gasteiger partial charge in [0.2, 0.25) is 0 Å². The number of rotatable bonds is 6. The number of carbonyl (C=O) groups is 1. The zero-order valence-corrected chi connectivity index (χ0v) is 24.0. The van der Waals surface area contributed by atoms with Crippen LogP contribution in [0, 0.1) is 58.2 Å². The molecule has 5 fully saturated rings. The number of carboxylic acid groups (broad SMARTS) is 1. The molecule has 13 atom stereocenters. The van der Waals surface area contributed by atoms with Gasteiger partial charge in [0.25, 0.3) is 0 Å². The van der Waals surface area contributed by atoms with E-state index in [9.17, 15) is 20.1 Å². The van der Waals surface area contributed by atoms with Gasteiger partial charge in [-0.25, -0.2) is 4.79 Å². The lowest BCUT2D eigenvalue weighted by Gasteiger charge is -2.64. The zero-order valence-electron chi connectivity index (χ0n) is 24.0. The first-order valence-electron chi connectivity index (χ1n) is 15.8. The van der Waals surface area contributed by atoms with Gasteiger partial charge in [-0.2, -0.15) is 0 Å². The van der Waals surface area contributed by atoms with Gasteiger partial charge in [-0.3, -0.25) is 0 Å². The molecule has 1 aromatic rings. The van der Waals surface area contributed by atoms with Crippen molar-refractivity contribution in [2.75, 3.05) is 0 Å². The van der Waals surface area contributed by atoms with Gasteiger partial charge in [-0.1, -0.05) is 46.2 Å². The fourth-order valence-corrected chi connectivity index (χ4v) is 11.4. The summed E-state index contributed by atoms with van der Waals surface area (Å²) in [4.78, 5) is 11.2. The number of fused-ring (bicyclic) bond motifs is 5. The molecular formula is C34H50O4. The van der Waals surface area contributed by atoms with Crippen molar-refractivity contribution in [1.82, 2.24) is 0 Å². The van der Waals surface area contributed by atoms with E-state index in [-0.39, 0.29) is 17.6 Å². The monoisotopic (exact) mass is 522 g/mol. The predicted octanol–water partition coefficient (Wildman–Crippen LogP) is 7.14. The van der Waals surface area contributed by atoms with Crippen LogP contribution in [0.25, 0.3) is 0 Å². The molecule has 0 heterocycles. The van der Waals surface area contributed by atoms with Gasteiger partial charge >= 0.3 is 5.97 Å².